The minimum absolute atomic E-state index is 0.0717. The van der Waals surface area contributed by atoms with E-state index in [1.807, 2.05) is 24.3 Å². The zero-order valence-electron chi connectivity index (χ0n) is 10.2. The van der Waals surface area contributed by atoms with Crippen LogP contribution in [-0.2, 0) is 4.84 Å². The van der Waals surface area contributed by atoms with Gasteiger partial charge in [0.05, 0.1) is 13.2 Å². The van der Waals surface area contributed by atoms with Gasteiger partial charge in [0.1, 0.15) is 0 Å². The SMILES string of the molecule is CONC(c1ccccc1)c1ccccc1C. The van der Waals surface area contributed by atoms with Gasteiger partial charge in [0, 0.05) is 0 Å². The molecule has 1 atom stereocenters. The summed E-state index contributed by atoms with van der Waals surface area (Å²) in [5.41, 5.74) is 6.75. The predicted octanol–water partition coefficient (Wildman–Crippen LogP) is 3.24. The molecule has 2 heteroatoms. The third kappa shape index (κ3) is 2.73. The van der Waals surface area contributed by atoms with Gasteiger partial charge in [0.15, 0.2) is 0 Å². The van der Waals surface area contributed by atoms with Gasteiger partial charge in [-0.05, 0) is 23.6 Å². The number of hydrogen-bond donors (Lipinski definition) is 1. The summed E-state index contributed by atoms with van der Waals surface area (Å²) in [6.07, 6.45) is 0. The normalized spacial score (nSPS) is 12.4. The highest BCUT2D eigenvalue weighted by molar-refractivity contribution is 5.36. The molecule has 2 rings (SSSR count). The van der Waals surface area contributed by atoms with Crippen LogP contribution in [0.3, 0.4) is 0 Å². The van der Waals surface area contributed by atoms with E-state index < -0.39 is 0 Å². The maximum absolute atomic E-state index is 5.12. The molecule has 0 aliphatic heterocycles. The summed E-state index contributed by atoms with van der Waals surface area (Å²) in [5, 5.41) is 0. The molecule has 0 amide bonds. The van der Waals surface area contributed by atoms with Gasteiger partial charge in [-0.25, -0.2) is 0 Å². The van der Waals surface area contributed by atoms with Gasteiger partial charge in [-0.1, -0.05) is 54.6 Å². The van der Waals surface area contributed by atoms with Crippen LogP contribution in [0.15, 0.2) is 54.6 Å². The molecule has 2 nitrogen and oxygen atoms in total. The van der Waals surface area contributed by atoms with Crippen LogP contribution in [0.25, 0.3) is 0 Å². The van der Waals surface area contributed by atoms with E-state index in [9.17, 15) is 0 Å². The molecule has 88 valence electrons. The molecule has 17 heavy (non-hydrogen) atoms. The second-order valence-corrected chi connectivity index (χ2v) is 4.02. The van der Waals surface area contributed by atoms with Crippen LogP contribution < -0.4 is 5.48 Å². The first kappa shape index (κ1) is 11.8. The lowest BCUT2D eigenvalue weighted by molar-refractivity contribution is 0.0715. The van der Waals surface area contributed by atoms with Crippen molar-refractivity contribution in [1.29, 1.82) is 0 Å². The van der Waals surface area contributed by atoms with Crippen molar-refractivity contribution in [2.45, 2.75) is 13.0 Å². The molecule has 0 aliphatic rings. The van der Waals surface area contributed by atoms with Gasteiger partial charge in [0.25, 0.3) is 0 Å². The van der Waals surface area contributed by atoms with Crippen LogP contribution in [0.1, 0.15) is 22.7 Å². The van der Waals surface area contributed by atoms with Gasteiger partial charge in [0.2, 0.25) is 0 Å². The van der Waals surface area contributed by atoms with E-state index in [1.165, 1.54) is 16.7 Å². The molecule has 0 radical (unpaired) electrons. The summed E-state index contributed by atoms with van der Waals surface area (Å²) in [4.78, 5) is 5.12. The number of hydroxylamine groups is 1. The molecule has 2 aromatic rings. The molecular formula is C15H17NO. The number of benzene rings is 2. The molecular weight excluding hydrogens is 210 g/mol. The standard InChI is InChI=1S/C15H17NO/c1-12-8-6-7-11-14(12)15(16-17-2)13-9-4-3-5-10-13/h3-11,15-16H,1-2H3. The summed E-state index contributed by atoms with van der Waals surface area (Å²) >= 11 is 0. The Morgan fingerprint density at radius 3 is 2.24 bits per heavy atom. The maximum atomic E-state index is 5.12. The molecule has 0 fully saturated rings. The number of aryl methyl sites for hydroxylation is 1. The Morgan fingerprint density at radius 1 is 0.941 bits per heavy atom. The molecule has 1 unspecified atom stereocenters. The Kier molecular flexibility index (Phi) is 3.91. The van der Waals surface area contributed by atoms with E-state index in [-0.39, 0.29) is 6.04 Å². The second-order valence-electron chi connectivity index (χ2n) is 4.02. The third-order valence-corrected chi connectivity index (χ3v) is 2.87. The van der Waals surface area contributed by atoms with Crippen LogP contribution in [0.5, 0.6) is 0 Å². The van der Waals surface area contributed by atoms with E-state index in [0.29, 0.717) is 0 Å². The number of rotatable bonds is 4. The first-order chi connectivity index (χ1) is 8.33. The number of hydrogen-bond acceptors (Lipinski definition) is 2. The first-order valence-corrected chi connectivity index (χ1v) is 5.72. The Hall–Kier alpha value is -1.64. The molecule has 0 aliphatic carbocycles. The highest BCUT2D eigenvalue weighted by atomic mass is 16.6. The van der Waals surface area contributed by atoms with E-state index >= 15 is 0 Å². The predicted molar refractivity (Wildman–Crippen MR) is 69.6 cm³/mol. The van der Waals surface area contributed by atoms with Gasteiger partial charge >= 0.3 is 0 Å². The molecule has 1 N–H and O–H groups in total. The van der Waals surface area contributed by atoms with E-state index in [4.69, 9.17) is 4.84 Å². The fourth-order valence-electron chi connectivity index (χ4n) is 1.99. The minimum Gasteiger partial charge on any atom is -0.304 e. The fourth-order valence-corrected chi connectivity index (χ4v) is 1.99. The molecule has 0 spiro atoms. The van der Waals surface area contributed by atoms with Crippen molar-refractivity contribution in [3.63, 3.8) is 0 Å². The van der Waals surface area contributed by atoms with Gasteiger partial charge in [-0.2, -0.15) is 5.48 Å². The average molecular weight is 227 g/mol. The molecule has 0 bridgehead atoms. The van der Waals surface area contributed by atoms with Crippen molar-refractivity contribution in [3.8, 4) is 0 Å². The zero-order chi connectivity index (χ0) is 12.1. The molecule has 2 aromatic carbocycles. The van der Waals surface area contributed by atoms with E-state index in [2.05, 4.69) is 42.7 Å². The maximum Gasteiger partial charge on any atom is 0.0824 e. The van der Waals surface area contributed by atoms with E-state index in [1.54, 1.807) is 7.11 Å². The summed E-state index contributed by atoms with van der Waals surface area (Å²) < 4.78 is 0. The topological polar surface area (TPSA) is 21.3 Å². The Bertz CT molecular complexity index is 467. The average Bonchev–Trinajstić information content (AvgIpc) is 2.38. The van der Waals surface area contributed by atoms with Crippen molar-refractivity contribution in [2.75, 3.05) is 7.11 Å². The highest BCUT2D eigenvalue weighted by Crippen LogP contribution is 2.24. The summed E-state index contributed by atoms with van der Waals surface area (Å²) in [6, 6.07) is 18.7. The minimum atomic E-state index is 0.0717. The van der Waals surface area contributed by atoms with Crippen molar-refractivity contribution < 1.29 is 4.84 Å². The lowest BCUT2D eigenvalue weighted by atomic mass is 9.96. The van der Waals surface area contributed by atoms with Crippen molar-refractivity contribution in [3.05, 3.63) is 71.3 Å². The third-order valence-electron chi connectivity index (χ3n) is 2.87. The van der Waals surface area contributed by atoms with Crippen molar-refractivity contribution in [1.82, 2.24) is 5.48 Å². The Labute approximate surface area is 102 Å². The lowest BCUT2D eigenvalue weighted by Gasteiger charge is -2.20. The van der Waals surface area contributed by atoms with Gasteiger partial charge in [-0.15, -0.1) is 0 Å². The molecule has 0 heterocycles. The van der Waals surface area contributed by atoms with Crippen molar-refractivity contribution in [2.24, 2.45) is 0 Å². The smallest absolute Gasteiger partial charge is 0.0824 e. The summed E-state index contributed by atoms with van der Waals surface area (Å²) in [6.45, 7) is 2.11. The Balaban J connectivity index is 2.39. The number of nitrogens with one attached hydrogen (secondary N) is 1. The largest absolute Gasteiger partial charge is 0.304 e. The molecule has 0 saturated heterocycles. The molecule has 0 saturated carbocycles. The lowest BCUT2D eigenvalue weighted by Crippen LogP contribution is -2.21. The monoisotopic (exact) mass is 227 g/mol. The quantitative estimate of drug-likeness (QED) is 0.810. The molecule has 0 aromatic heterocycles. The zero-order valence-corrected chi connectivity index (χ0v) is 10.2. The van der Waals surface area contributed by atoms with Crippen LogP contribution in [0, 0.1) is 6.92 Å². The second kappa shape index (κ2) is 5.62. The first-order valence-electron chi connectivity index (χ1n) is 5.72. The van der Waals surface area contributed by atoms with Crippen LogP contribution in [0.4, 0.5) is 0 Å². The Morgan fingerprint density at radius 2 is 1.59 bits per heavy atom. The van der Waals surface area contributed by atoms with E-state index in [0.717, 1.165) is 0 Å². The summed E-state index contributed by atoms with van der Waals surface area (Å²) in [5.74, 6) is 0. The van der Waals surface area contributed by atoms with Crippen LogP contribution in [-0.4, -0.2) is 7.11 Å². The van der Waals surface area contributed by atoms with Crippen LogP contribution in [0.2, 0.25) is 0 Å². The summed E-state index contributed by atoms with van der Waals surface area (Å²) in [7, 11) is 1.65. The highest BCUT2D eigenvalue weighted by Gasteiger charge is 2.14. The van der Waals surface area contributed by atoms with Crippen molar-refractivity contribution >= 4 is 0 Å². The van der Waals surface area contributed by atoms with Gasteiger partial charge in [-0.3, -0.25) is 0 Å². The fraction of sp³-hybridized carbons (Fsp3) is 0.200. The van der Waals surface area contributed by atoms with Gasteiger partial charge < -0.3 is 4.84 Å². The van der Waals surface area contributed by atoms with Crippen LogP contribution >= 0.6 is 0 Å².